The number of urea groups is 1. The van der Waals surface area contributed by atoms with Crippen LogP contribution in [0.3, 0.4) is 0 Å². The Hall–Kier alpha value is -2.83. The Labute approximate surface area is 135 Å². The van der Waals surface area contributed by atoms with Crippen LogP contribution in [0.4, 0.5) is 18.0 Å². The highest BCUT2D eigenvalue weighted by atomic mass is 19.1. The van der Waals surface area contributed by atoms with Gasteiger partial charge in [-0.15, -0.1) is 0 Å². The van der Waals surface area contributed by atoms with Gasteiger partial charge in [-0.25, -0.2) is 18.0 Å². The molecule has 2 aromatic carbocycles. The molecule has 1 heterocycles. The lowest BCUT2D eigenvalue weighted by molar-refractivity contribution is -0.131. The van der Waals surface area contributed by atoms with Crippen molar-refractivity contribution >= 4 is 11.9 Å². The lowest BCUT2D eigenvalue weighted by Crippen LogP contribution is -2.41. The molecule has 0 bridgehead atoms. The number of nitrogens with one attached hydrogen (secondary N) is 1. The first-order valence-corrected chi connectivity index (χ1v) is 7.15. The lowest BCUT2D eigenvalue weighted by Gasteiger charge is -2.22. The summed E-state index contributed by atoms with van der Waals surface area (Å²) >= 11 is 0. The van der Waals surface area contributed by atoms with Crippen LogP contribution in [-0.4, -0.2) is 16.8 Å². The molecule has 7 heteroatoms. The van der Waals surface area contributed by atoms with E-state index in [4.69, 9.17) is 0 Å². The summed E-state index contributed by atoms with van der Waals surface area (Å²) in [5.74, 6) is -2.77. The molecule has 1 saturated heterocycles. The van der Waals surface area contributed by atoms with E-state index in [0.717, 1.165) is 23.1 Å². The van der Waals surface area contributed by atoms with E-state index in [1.165, 1.54) is 25.1 Å². The molecule has 1 atom stereocenters. The highest BCUT2D eigenvalue weighted by Gasteiger charge is 2.50. The zero-order valence-electron chi connectivity index (χ0n) is 12.6. The van der Waals surface area contributed by atoms with Gasteiger partial charge in [0.25, 0.3) is 5.91 Å². The van der Waals surface area contributed by atoms with E-state index in [-0.39, 0.29) is 12.1 Å². The SMILES string of the molecule is CC1(c2cc(F)ccc2F)NC(=O)N(Cc2cccc(F)c2)C1=O. The van der Waals surface area contributed by atoms with Crippen LogP contribution in [0.5, 0.6) is 0 Å². The lowest BCUT2D eigenvalue weighted by atomic mass is 9.91. The van der Waals surface area contributed by atoms with Crippen LogP contribution >= 0.6 is 0 Å². The van der Waals surface area contributed by atoms with Gasteiger partial charge in [0.05, 0.1) is 6.54 Å². The van der Waals surface area contributed by atoms with Crippen molar-refractivity contribution in [2.45, 2.75) is 19.0 Å². The Morgan fingerprint density at radius 1 is 1.04 bits per heavy atom. The van der Waals surface area contributed by atoms with Gasteiger partial charge in [-0.1, -0.05) is 12.1 Å². The number of nitrogens with zero attached hydrogens (tertiary/aromatic N) is 1. The molecular formula is C17H13F3N2O2. The van der Waals surface area contributed by atoms with Gasteiger partial charge in [0.2, 0.25) is 0 Å². The third kappa shape index (κ3) is 2.62. The topological polar surface area (TPSA) is 49.4 Å². The van der Waals surface area contributed by atoms with Crippen LogP contribution in [0.15, 0.2) is 42.5 Å². The van der Waals surface area contributed by atoms with Gasteiger partial charge in [-0.05, 0) is 42.8 Å². The summed E-state index contributed by atoms with van der Waals surface area (Å²) in [6.45, 7) is 1.13. The summed E-state index contributed by atoms with van der Waals surface area (Å²) in [4.78, 5) is 25.6. The average Bonchev–Trinajstić information content (AvgIpc) is 2.74. The molecule has 1 N–H and O–H groups in total. The van der Waals surface area contributed by atoms with Gasteiger partial charge in [0, 0.05) is 5.56 Å². The van der Waals surface area contributed by atoms with E-state index in [1.54, 1.807) is 6.07 Å². The summed E-state index contributed by atoms with van der Waals surface area (Å²) in [6.07, 6.45) is 0. The third-order valence-electron chi connectivity index (χ3n) is 3.97. The van der Waals surface area contributed by atoms with Crippen LogP contribution < -0.4 is 5.32 Å². The zero-order chi connectivity index (χ0) is 17.5. The molecule has 1 aliphatic rings. The number of hydrogen-bond acceptors (Lipinski definition) is 2. The number of carbonyl (C=O) groups is 2. The Morgan fingerprint density at radius 3 is 2.46 bits per heavy atom. The minimum Gasteiger partial charge on any atom is -0.319 e. The molecule has 1 unspecified atom stereocenters. The van der Waals surface area contributed by atoms with Crippen LogP contribution in [0.1, 0.15) is 18.1 Å². The highest BCUT2D eigenvalue weighted by molar-refractivity contribution is 6.07. The minimum absolute atomic E-state index is 0.172. The quantitative estimate of drug-likeness (QED) is 0.877. The van der Waals surface area contributed by atoms with E-state index in [9.17, 15) is 22.8 Å². The molecule has 0 saturated carbocycles. The molecular weight excluding hydrogens is 321 g/mol. The standard InChI is InChI=1S/C17H13F3N2O2/c1-17(13-8-12(19)5-6-14(13)20)15(23)22(16(24)21-17)9-10-3-2-4-11(18)7-10/h2-8H,9H2,1H3,(H,21,24). The number of rotatable bonds is 3. The number of benzene rings is 2. The number of amides is 3. The van der Waals surface area contributed by atoms with Crippen LogP contribution in [0.25, 0.3) is 0 Å². The summed E-state index contributed by atoms with van der Waals surface area (Å²) in [7, 11) is 0. The van der Waals surface area contributed by atoms with Crippen LogP contribution in [0.2, 0.25) is 0 Å². The average molecular weight is 334 g/mol. The molecule has 124 valence electrons. The van der Waals surface area contributed by atoms with Gasteiger partial charge < -0.3 is 5.32 Å². The van der Waals surface area contributed by atoms with Crippen molar-refractivity contribution in [1.29, 1.82) is 0 Å². The number of imide groups is 1. The minimum atomic E-state index is -1.73. The zero-order valence-corrected chi connectivity index (χ0v) is 12.6. The third-order valence-corrected chi connectivity index (χ3v) is 3.97. The first kappa shape index (κ1) is 16.0. The van der Waals surface area contributed by atoms with Gasteiger partial charge in [0.1, 0.15) is 23.0 Å². The molecule has 0 radical (unpaired) electrons. The molecule has 2 aromatic rings. The molecule has 0 spiro atoms. The molecule has 1 aliphatic heterocycles. The van der Waals surface area contributed by atoms with Crippen LogP contribution in [0, 0.1) is 17.5 Å². The van der Waals surface area contributed by atoms with Crippen molar-refractivity contribution in [2.24, 2.45) is 0 Å². The maximum Gasteiger partial charge on any atom is 0.325 e. The second-order valence-corrected chi connectivity index (χ2v) is 5.70. The molecule has 3 amide bonds. The fraction of sp³-hybridized carbons (Fsp3) is 0.176. The van der Waals surface area contributed by atoms with E-state index >= 15 is 0 Å². The molecule has 1 fully saturated rings. The summed E-state index contributed by atoms with van der Waals surface area (Å²) in [5.41, 5.74) is -1.58. The molecule has 24 heavy (non-hydrogen) atoms. The van der Waals surface area contributed by atoms with Gasteiger partial charge in [-0.2, -0.15) is 0 Å². The first-order valence-electron chi connectivity index (χ1n) is 7.15. The fourth-order valence-electron chi connectivity index (χ4n) is 2.72. The van der Waals surface area contributed by atoms with Gasteiger partial charge in [0.15, 0.2) is 0 Å². The van der Waals surface area contributed by atoms with E-state index in [1.807, 2.05) is 0 Å². The van der Waals surface area contributed by atoms with E-state index in [2.05, 4.69) is 5.32 Å². The van der Waals surface area contributed by atoms with Crippen molar-refractivity contribution in [1.82, 2.24) is 10.2 Å². The highest BCUT2D eigenvalue weighted by Crippen LogP contribution is 2.32. The van der Waals surface area contributed by atoms with Gasteiger partial charge >= 0.3 is 6.03 Å². The van der Waals surface area contributed by atoms with E-state index < -0.39 is 34.9 Å². The van der Waals surface area contributed by atoms with Crippen molar-refractivity contribution in [2.75, 3.05) is 0 Å². The fourth-order valence-corrected chi connectivity index (χ4v) is 2.72. The normalized spacial score (nSPS) is 20.4. The Balaban J connectivity index is 1.95. The van der Waals surface area contributed by atoms with Crippen LogP contribution in [-0.2, 0) is 16.9 Å². The summed E-state index contributed by atoms with van der Waals surface area (Å²) < 4.78 is 40.7. The molecule has 4 nitrogen and oxygen atoms in total. The number of halogens is 3. The second-order valence-electron chi connectivity index (χ2n) is 5.70. The predicted octanol–water partition coefficient (Wildman–Crippen LogP) is 3.07. The number of hydrogen-bond donors (Lipinski definition) is 1. The van der Waals surface area contributed by atoms with Gasteiger partial charge in [-0.3, -0.25) is 9.69 Å². The summed E-state index contributed by atoms with van der Waals surface area (Å²) in [6, 6.07) is 7.38. The van der Waals surface area contributed by atoms with E-state index in [0.29, 0.717) is 5.56 Å². The smallest absolute Gasteiger partial charge is 0.319 e. The van der Waals surface area contributed by atoms with Crippen molar-refractivity contribution in [3.05, 3.63) is 71.0 Å². The Morgan fingerprint density at radius 2 is 1.75 bits per heavy atom. The second kappa shape index (κ2) is 5.67. The largest absolute Gasteiger partial charge is 0.325 e. The molecule has 0 aliphatic carbocycles. The van der Waals surface area contributed by atoms with Crippen molar-refractivity contribution < 1.29 is 22.8 Å². The first-order chi connectivity index (χ1) is 11.3. The Kier molecular flexibility index (Phi) is 3.79. The maximum absolute atomic E-state index is 14.0. The maximum atomic E-state index is 14.0. The van der Waals surface area contributed by atoms with Crippen molar-refractivity contribution in [3.8, 4) is 0 Å². The predicted molar refractivity (Wildman–Crippen MR) is 79.2 cm³/mol. The summed E-state index contributed by atoms with van der Waals surface area (Å²) in [5, 5.41) is 2.39. The molecule has 3 rings (SSSR count). The molecule has 0 aromatic heterocycles. The monoisotopic (exact) mass is 334 g/mol. The number of carbonyl (C=O) groups excluding carboxylic acids is 2. The van der Waals surface area contributed by atoms with Crippen molar-refractivity contribution in [3.63, 3.8) is 0 Å². The Bertz CT molecular complexity index is 840.